The number of hydrogen-bond acceptors (Lipinski definition) is 3. The molecule has 0 spiro atoms. The third-order valence-corrected chi connectivity index (χ3v) is 4.91. The lowest BCUT2D eigenvalue weighted by atomic mass is 10.2. The van der Waals surface area contributed by atoms with Crippen molar-refractivity contribution in [2.24, 2.45) is 0 Å². The summed E-state index contributed by atoms with van der Waals surface area (Å²) < 4.78 is 0. The van der Waals surface area contributed by atoms with Gasteiger partial charge in [0.15, 0.2) is 0 Å². The number of nitrogens with one attached hydrogen (secondary N) is 1. The fourth-order valence-corrected chi connectivity index (χ4v) is 3.02. The molecule has 3 heteroatoms. The summed E-state index contributed by atoms with van der Waals surface area (Å²) in [7, 11) is 2.25. The standard InChI is InChI=1S/C14H24N2S/c1-10(16(4)13-6-7-13)9-15-12(3)14-8-5-11(2)17-14/h5,8,10,12-13,15H,6-7,9H2,1-4H3. The molecule has 0 aliphatic heterocycles. The highest BCUT2D eigenvalue weighted by molar-refractivity contribution is 7.12. The van der Waals surface area contributed by atoms with Gasteiger partial charge in [-0.2, -0.15) is 0 Å². The molecule has 17 heavy (non-hydrogen) atoms. The van der Waals surface area contributed by atoms with Crippen LogP contribution in [0.1, 0.15) is 42.5 Å². The van der Waals surface area contributed by atoms with Crippen molar-refractivity contribution in [1.29, 1.82) is 0 Å². The van der Waals surface area contributed by atoms with Gasteiger partial charge >= 0.3 is 0 Å². The number of likely N-dealkylation sites (N-methyl/N-ethyl adjacent to an activating group) is 1. The normalized spacial score (nSPS) is 19.6. The summed E-state index contributed by atoms with van der Waals surface area (Å²) in [6.45, 7) is 7.82. The van der Waals surface area contributed by atoms with E-state index in [1.165, 1.54) is 22.6 Å². The molecule has 0 aromatic carbocycles. The highest BCUT2D eigenvalue weighted by atomic mass is 32.1. The molecule has 2 nitrogen and oxygen atoms in total. The Bertz CT molecular complexity index is 357. The quantitative estimate of drug-likeness (QED) is 0.836. The van der Waals surface area contributed by atoms with Crippen molar-refractivity contribution in [3.05, 3.63) is 21.9 Å². The van der Waals surface area contributed by atoms with Crippen LogP contribution in [0.15, 0.2) is 12.1 Å². The fourth-order valence-electron chi connectivity index (χ4n) is 2.12. The largest absolute Gasteiger partial charge is 0.308 e. The molecule has 96 valence electrons. The first-order chi connectivity index (χ1) is 8.08. The number of rotatable bonds is 6. The second kappa shape index (κ2) is 5.51. The Hall–Kier alpha value is -0.380. The summed E-state index contributed by atoms with van der Waals surface area (Å²) >= 11 is 1.90. The molecule has 2 atom stereocenters. The first-order valence-electron chi connectivity index (χ1n) is 6.59. The van der Waals surface area contributed by atoms with E-state index in [4.69, 9.17) is 0 Å². The summed E-state index contributed by atoms with van der Waals surface area (Å²) in [5.41, 5.74) is 0. The molecular weight excluding hydrogens is 228 g/mol. The smallest absolute Gasteiger partial charge is 0.0386 e. The molecule has 1 aliphatic rings. The van der Waals surface area contributed by atoms with Gasteiger partial charge in [0.1, 0.15) is 0 Å². The molecule has 1 aromatic heterocycles. The Morgan fingerprint density at radius 2 is 2.12 bits per heavy atom. The average molecular weight is 252 g/mol. The van der Waals surface area contributed by atoms with E-state index in [9.17, 15) is 0 Å². The lowest BCUT2D eigenvalue weighted by Gasteiger charge is -2.26. The Kier molecular flexibility index (Phi) is 4.23. The zero-order valence-corrected chi connectivity index (χ0v) is 12.2. The zero-order valence-electron chi connectivity index (χ0n) is 11.4. The monoisotopic (exact) mass is 252 g/mol. The van der Waals surface area contributed by atoms with Crippen LogP contribution in [-0.4, -0.2) is 30.6 Å². The van der Waals surface area contributed by atoms with Gasteiger partial charge in [-0.15, -0.1) is 11.3 Å². The maximum Gasteiger partial charge on any atom is 0.0386 e. The predicted octanol–water partition coefficient (Wildman–Crippen LogP) is 3.19. The second-order valence-electron chi connectivity index (χ2n) is 5.32. The Morgan fingerprint density at radius 3 is 2.65 bits per heavy atom. The molecule has 1 saturated carbocycles. The van der Waals surface area contributed by atoms with Crippen LogP contribution in [0.25, 0.3) is 0 Å². The zero-order chi connectivity index (χ0) is 12.4. The van der Waals surface area contributed by atoms with Crippen LogP contribution < -0.4 is 5.32 Å². The molecule has 1 aliphatic carbocycles. The minimum Gasteiger partial charge on any atom is -0.308 e. The molecule has 2 rings (SSSR count). The molecule has 1 heterocycles. The highest BCUT2D eigenvalue weighted by Gasteiger charge is 2.29. The van der Waals surface area contributed by atoms with Crippen molar-refractivity contribution >= 4 is 11.3 Å². The van der Waals surface area contributed by atoms with Crippen molar-refractivity contribution in [2.75, 3.05) is 13.6 Å². The minimum atomic E-state index is 0.476. The molecule has 0 radical (unpaired) electrons. The van der Waals surface area contributed by atoms with Crippen molar-refractivity contribution < 1.29 is 0 Å². The van der Waals surface area contributed by atoms with Gasteiger partial charge in [0, 0.05) is 34.4 Å². The Balaban J connectivity index is 1.77. The maximum atomic E-state index is 3.64. The lowest BCUT2D eigenvalue weighted by molar-refractivity contribution is 0.237. The second-order valence-corrected chi connectivity index (χ2v) is 6.64. The van der Waals surface area contributed by atoms with E-state index in [2.05, 4.69) is 50.2 Å². The molecule has 2 unspecified atom stereocenters. The van der Waals surface area contributed by atoms with E-state index in [-0.39, 0.29) is 0 Å². The van der Waals surface area contributed by atoms with Crippen molar-refractivity contribution in [2.45, 2.75) is 51.7 Å². The van der Waals surface area contributed by atoms with Gasteiger partial charge in [0.25, 0.3) is 0 Å². The van der Waals surface area contributed by atoms with E-state index in [1.807, 2.05) is 11.3 Å². The Labute approximate surface area is 109 Å². The first-order valence-corrected chi connectivity index (χ1v) is 7.41. The Morgan fingerprint density at radius 1 is 1.41 bits per heavy atom. The van der Waals surface area contributed by atoms with E-state index in [0.717, 1.165) is 12.6 Å². The van der Waals surface area contributed by atoms with Crippen LogP contribution in [0.4, 0.5) is 0 Å². The first kappa shape index (κ1) is 13.1. The molecule has 1 fully saturated rings. The lowest BCUT2D eigenvalue weighted by Crippen LogP contribution is -2.39. The van der Waals surface area contributed by atoms with Gasteiger partial charge in [0.2, 0.25) is 0 Å². The van der Waals surface area contributed by atoms with Crippen LogP contribution in [0.3, 0.4) is 0 Å². The summed E-state index contributed by atoms with van der Waals surface area (Å²) in [4.78, 5) is 5.36. The minimum absolute atomic E-state index is 0.476. The maximum absolute atomic E-state index is 3.64. The average Bonchev–Trinajstić information content (AvgIpc) is 3.07. The molecular formula is C14H24N2S. The van der Waals surface area contributed by atoms with Crippen LogP contribution in [0, 0.1) is 6.92 Å². The summed E-state index contributed by atoms with van der Waals surface area (Å²) in [5.74, 6) is 0. The summed E-state index contributed by atoms with van der Waals surface area (Å²) in [6.07, 6.45) is 2.78. The number of nitrogens with zero attached hydrogens (tertiary/aromatic N) is 1. The van der Waals surface area contributed by atoms with Crippen LogP contribution in [-0.2, 0) is 0 Å². The molecule has 0 amide bonds. The van der Waals surface area contributed by atoms with Crippen LogP contribution in [0.5, 0.6) is 0 Å². The van der Waals surface area contributed by atoms with E-state index in [1.54, 1.807) is 0 Å². The molecule has 0 saturated heterocycles. The van der Waals surface area contributed by atoms with E-state index < -0.39 is 0 Å². The van der Waals surface area contributed by atoms with Gasteiger partial charge in [0.05, 0.1) is 0 Å². The van der Waals surface area contributed by atoms with Crippen molar-refractivity contribution in [3.8, 4) is 0 Å². The SMILES string of the molecule is Cc1ccc(C(C)NCC(C)N(C)C2CC2)s1. The fraction of sp³-hybridized carbons (Fsp3) is 0.714. The van der Waals surface area contributed by atoms with Crippen molar-refractivity contribution in [1.82, 2.24) is 10.2 Å². The topological polar surface area (TPSA) is 15.3 Å². The molecule has 1 aromatic rings. The van der Waals surface area contributed by atoms with Gasteiger partial charge < -0.3 is 5.32 Å². The van der Waals surface area contributed by atoms with Gasteiger partial charge in [-0.05, 0) is 52.8 Å². The third kappa shape index (κ3) is 3.54. The number of aryl methyl sites for hydroxylation is 1. The third-order valence-electron chi connectivity index (χ3n) is 3.73. The highest BCUT2D eigenvalue weighted by Crippen LogP contribution is 2.27. The van der Waals surface area contributed by atoms with E-state index >= 15 is 0 Å². The molecule has 1 N–H and O–H groups in total. The predicted molar refractivity (Wildman–Crippen MR) is 75.7 cm³/mol. The summed E-state index contributed by atoms with van der Waals surface area (Å²) in [6, 6.07) is 6.41. The van der Waals surface area contributed by atoms with Gasteiger partial charge in [-0.3, -0.25) is 4.90 Å². The number of thiophene rings is 1. The van der Waals surface area contributed by atoms with Crippen molar-refractivity contribution in [3.63, 3.8) is 0 Å². The molecule has 0 bridgehead atoms. The van der Waals surface area contributed by atoms with Gasteiger partial charge in [-0.25, -0.2) is 0 Å². The number of hydrogen-bond donors (Lipinski definition) is 1. The van der Waals surface area contributed by atoms with Gasteiger partial charge in [-0.1, -0.05) is 0 Å². The summed E-state index contributed by atoms with van der Waals surface area (Å²) in [5, 5.41) is 3.64. The van der Waals surface area contributed by atoms with E-state index in [0.29, 0.717) is 12.1 Å². The van der Waals surface area contributed by atoms with Crippen LogP contribution in [0.2, 0.25) is 0 Å². The van der Waals surface area contributed by atoms with Crippen LogP contribution >= 0.6 is 11.3 Å².